The molecule has 1 aliphatic carbocycles. The molecule has 10 heteroatoms. The van der Waals surface area contributed by atoms with Gasteiger partial charge in [0.2, 0.25) is 5.28 Å². The highest BCUT2D eigenvalue weighted by Crippen LogP contribution is 2.31. The number of nitrogens with one attached hydrogen (secondary N) is 3. The third-order valence-electron chi connectivity index (χ3n) is 3.95. The highest BCUT2D eigenvalue weighted by molar-refractivity contribution is 7.98. The Morgan fingerprint density at radius 2 is 2.00 bits per heavy atom. The zero-order valence-electron chi connectivity index (χ0n) is 12.5. The molecular formula is C13H17ClN6O2S. The SMILES string of the molecule is CSc1n[nH]c2nc(Cl)nc(N[C@H]3CC[C@@H](NC(=O)O)CC3)c12. The molecule has 4 N–H and O–H groups in total. The van der Waals surface area contributed by atoms with E-state index in [-0.39, 0.29) is 17.4 Å². The minimum Gasteiger partial charge on any atom is -0.465 e. The number of carboxylic acid groups (broad SMARTS) is 1. The van der Waals surface area contributed by atoms with Gasteiger partial charge in [-0.25, -0.2) is 4.79 Å². The van der Waals surface area contributed by atoms with E-state index in [2.05, 4.69) is 30.8 Å². The second kappa shape index (κ2) is 6.79. The number of thioether (sulfide) groups is 1. The Bertz CT molecular complexity index is 716. The largest absolute Gasteiger partial charge is 0.465 e. The average molecular weight is 357 g/mol. The molecule has 0 bridgehead atoms. The normalized spacial score (nSPS) is 21.3. The Labute approximate surface area is 141 Å². The number of aromatic nitrogens is 4. The highest BCUT2D eigenvalue weighted by atomic mass is 35.5. The lowest BCUT2D eigenvalue weighted by Gasteiger charge is -2.29. The van der Waals surface area contributed by atoms with Crippen molar-refractivity contribution in [1.29, 1.82) is 0 Å². The smallest absolute Gasteiger partial charge is 0.404 e. The predicted molar refractivity (Wildman–Crippen MR) is 89.3 cm³/mol. The molecule has 124 valence electrons. The van der Waals surface area contributed by atoms with Gasteiger partial charge < -0.3 is 15.7 Å². The van der Waals surface area contributed by atoms with Crippen LogP contribution in [0.4, 0.5) is 10.6 Å². The number of carbonyl (C=O) groups is 1. The Morgan fingerprint density at radius 1 is 1.30 bits per heavy atom. The first-order valence-corrected chi connectivity index (χ1v) is 8.88. The van der Waals surface area contributed by atoms with E-state index in [1.807, 2.05) is 6.26 Å². The van der Waals surface area contributed by atoms with Crippen LogP contribution in [0.15, 0.2) is 5.03 Å². The maximum Gasteiger partial charge on any atom is 0.404 e. The van der Waals surface area contributed by atoms with E-state index in [1.54, 1.807) is 0 Å². The van der Waals surface area contributed by atoms with Gasteiger partial charge >= 0.3 is 6.09 Å². The van der Waals surface area contributed by atoms with Gasteiger partial charge in [0, 0.05) is 12.1 Å². The summed E-state index contributed by atoms with van der Waals surface area (Å²) >= 11 is 7.50. The maximum atomic E-state index is 10.7. The van der Waals surface area contributed by atoms with E-state index >= 15 is 0 Å². The lowest BCUT2D eigenvalue weighted by atomic mass is 9.91. The summed E-state index contributed by atoms with van der Waals surface area (Å²) in [6, 6.07) is 0.246. The average Bonchev–Trinajstić information content (AvgIpc) is 2.91. The summed E-state index contributed by atoms with van der Waals surface area (Å²) < 4.78 is 0. The van der Waals surface area contributed by atoms with Gasteiger partial charge in [0.25, 0.3) is 0 Å². The van der Waals surface area contributed by atoms with E-state index < -0.39 is 6.09 Å². The summed E-state index contributed by atoms with van der Waals surface area (Å²) in [5.74, 6) is 0.674. The minimum atomic E-state index is -0.964. The molecule has 1 amide bonds. The third kappa shape index (κ3) is 3.61. The summed E-state index contributed by atoms with van der Waals surface area (Å²) in [4.78, 5) is 19.1. The molecule has 2 aromatic heterocycles. The van der Waals surface area contributed by atoms with E-state index in [1.165, 1.54) is 11.8 Å². The predicted octanol–water partition coefficient (Wildman–Crippen LogP) is 2.72. The standard InChI is InChI=1S/C13H17ClN6O2S/c1-23-11-8-9(17-12(14)18-10(8)19-20-11)15-6-2-4-7(5-3-6)16-13(21)22/h6-7,16H,2-5H2,1H3,(H,21,22)(H2,15,17,18,19,20)/t6-,7+. The van der Waals surface area contributed by atoms with Gasteiger partial charge in [-0.3, -0.25) is 5.10 Å². The molecule has 8 nitrogen and oxygen atoms in total. The fourth-order valence-electron chi connectivity index (χ4n) is 2.88. The maximum absolute atomic E-state index is 10.7. The van der Waals surface area contributed by atoms with Crippen LogP contribution in [0.5, 0.6) is 0 Å². The molecule has 0 radical (unpaired) electrons. The zero-order valence-corrected chi connectivity index (χ0v) is 14.0. The second-order valence-corrected chi connectivity index (χ2v) is 6.57. The molecule has 0 aliphatic heterocycles. The first-order chi connectivity index (χ1) is 11.1. The van der Waals surface area contributed by atoms with E-state index in [4.69, 9.17) is 16.7 Å². The molecule has 3 rings (SSSR count). The molecule has 0 atom stereocenters. The number of fused-ring (bicyclic) bond motifs is 1. The van der Waals surface area contributed by atoms with Crippen molar-refractivity contribution >= 4 is 46.3 Å². The van der Waals surface area contributed by atoms with Crippen LogP contribution < -0.4 is 10.6 Å². The van der Waals surface area contributed by atoms with Crippen molar-refractivity contribution in [3.8, 4) is 0 Å². The Balaban J connectivity index is 1.75. The monoisotopic (exact) mass is 356 g/mol. The van der Waals surface area contributed by atoms with Crippen LogP contribution in [0.3, 0.4) is 0 Å². The molecular weight excluding hydrogens is 340 g/mol. The molecule has 2 aromatic rings. The topological polar surface area (TPSA) is 116 Å². The van der Waals surface area contributed by atoms with Gasteiger partial charge in [0.1, 0.15) is 10.8 Å². The van der Waals surface area contributed by atoms with Crippen molar-refractivity contribution in [1.82, 2.24) is 25.5 Å². The van der Waals surface area contributed by atoms with E-state index in [9.17, 15) is 4.79 Å². The molecule has 0 spiro atoms. The van der Waals surface area contributed by atoms with Crippen LogP contribution in [-0.2, 0) is 0 Å². The number of amides is 1. The van der Waals surface area contributed by atoms with Crippen LogP contribution >= 0.6 is 23.4 Å². The number of halogens is 1. The Morgan fingerprint density at radius 3 is 2.65 bits per heavy atom. The number of hydrogen-bond acceptors (Lipinski definition) is 6. The molecule has 1 fully saturated rings. The highest BCUT2D eigenvalue weighted by Gasteiger charge is 2.24. The Kier molecular flexibility index (Phi) is 4.76. The van der Waals surface area contributed by atoms with Crippen molar-refractivity contribution < 1.29 is 9.90 Å². The summed E-state index contributed by atoms with van der Waals surface area (Å²) in [6.07, 6.45) is 4.30. The zero-order chi connectivity index (χ0) is 16.4. The van der Waals surface area contributed by atoms with Gasteiger partial charge in [0.15, 0.2) is 5.65 Å². The van der Waals surface area contributed by atoms with Crippen molar-refractivity contribution in [2.24, 2.45) is 0 Å². The number of H-pyrrole nitrogens is 1. The lowest BCUT2D eigenvalue weighted by Crippen LogP contribution is -2.39. The molecule has 1 saturated carbocycles. The summed E-state index contributed by atoms with van der Waals surface area (Å²) in [6.45, 7) is 0. The van der Waals surface area contributed by atoms with Crippen molar-refractivity contribution in [2.75, 3.05) is 11.6 Å². The summed E-state index contributed by atoms with van der Waals surface area (Å²) in [5.41, 5.74) is 0.609. The number of hydrogen-bond donors (Lipinski definition) is 4. The van der Waals surface area contributed by atoms with Crippen molar-refractivity contribution in [2.45, 2.75) is 42.8 Å². The fourth-order valence-corrected chi connectivity index (χ4v) is 3.58. The second-order valence-electron chi connectivity index (χ2n) is 5.44. The summed E-state index contributed by atoms with van der Waals surface area (Å²) in [5, 5.41) is 23.6. The fraction of sp³-hybridized carbons (Fsp3) is 0.538. The van der Waals surface area contributed by atoms with Gasteiger partial charge in [-0.15, -0.1) is 11.8 Å². The Hall–Kier alpha value is -1.74. The van der Waals surface area contributed by atoms with Crippen molar-refractivity contribution in [3.05, 3.63) is 5.28 Å². The molecule has 0 aromatic carbocycles. The van der Waals surface area contributed by atoms with Gasteiger partial charge in [-0.2, -0.15) is 15.1 Å². The first kappa shape index (κ1) is 16.1. The number of aromatic amines is 1. The summed E-state index contributed by atoms with van der Waals surface area (Å²) in [7, 11) is 0. The van der Waals surface area contributed by atoms with Gasteiger partial charge in [-0.05, 0) is 43.5 Å². The molecule has 1 aliphatic rings. The van der Waals surface area contributed by atoms with Crippen molar-refractivity contribution in [3.63, 3.8) is 0 Å². The van der Waals surface area contributed by atoms with Crippen LogP contribution in [0.2, 0.25) is 5.28 Å². The quantitative estimate of drug-likeness (QED) is 0.491. The molecule has 2 heterocycles. The van der Waals surface area contributed by atoms with E-state index in [0.29, 0.717) is 11.5 Å². The van der Waals surface area contributed by atoms with Gasteiger partial charge in [0.05, 0.1) is 5.39 Å². The van der Waals surface area contributed by atoms with Crippen LogP contribution in [0.25, 0.3) is 11.0 Å². The van der Waals surface area contributed by atoms with Crippen LogP contribution in [0.1, 0.15) is 25.7 Å². The van der Waals surface area contributed by atoms with Crippen LogP contribution in [-0.4, -0.2) is 49.7 Å². The molecule has 23 heavy (non-hydrogen) atoms. The number of nitrogens with zero attached hydrogens (tertiary/aromatic N) is 3. The number of rotatable bonds is 4. The number of anilines is 1. The first-order valence-electron chi connectivity index (χ1n) is 7.28. The third-order valence-corrected chi connectivity index (χ3v) is 4.80. The molecule has 0 saturated heterocycles. The molecule has 0 unspecified atom stereocenters. The van der Waals surface area contributed by atoms with Crippen LogP contribution in [0, 0.1) is 0 Å². The lowest BCUT2D eigenvalue weighted by molar-refractivity contribution is 0.185. The van der Waals surface area contributed by atoms with Gasteiger partial charge in [-0.1, -0.05) is 0 Å². The van der Waals surface area contributed by atoms with E-state index in [0.717, 1.165) is 36.1 Å². The minimum absolute atomic E-state index is 0.0234.